The first-order valence-electron chi connectivity index (χ1n) is 4.90. The predicted octanol–water partition coefficient (Wildman–Crippen LogP) is -0.243. The second kappa shape index (κ2) is 3.32. The molecule has 0 radical (unpaired) electrons. The van der Waals surface area contributed by atoms with Crippen LogP contribution in [0.4, 0.5) is 0 Å². The van der Waals surface area contributed by atoms with E-state index in [4.69, 9.17) is 5.11 Å². The summed E-state index contributed by atoms with van der Waals surface area (Å²) in [6, 6.07) is 1.36. The third-order valence-corrected chi connectivity index (χ3v) is 3.22. The van der Waals surface area contributed by atoms with E-state index in [2.05, 4.69) is 16.7 Å². The van der Waals surface area contributed by atoms with E-state index in [1.165, 1.54) is 26.2 Å². The molecular formula is C9H18N2O. The zero-order valence-electron chi connectivity index (χ0n) is 7.74. The number of fused-ring (bicyclic) bond motifs is 3. The number of nitrogens with zero attached hydrogens (tertiary/aromatic N) is 2. The Kier molecular flexibility index (Phi) is 2.35. The molecule has 0 aliphatic carbocycles. The summed E-state index contributed by atoms with van der Waals surface area (Å²) >= 11 is 0. The van der Waals surface area contributed by atoms with Crippen molar-refractivity contribution >= 4 is 0 Å². The van der Waals surface area contributed by atoms with E-state index in [0.29, 0.717) is 12.6 Å². The first kappa shape index (κ1) is 8.48. The minimum absolute atomic E-state index is 0.337. The first-order chi connectivity index (χ1) is 5.81. The molecule has 3 fully saturated rings. The molecule has 2 bridgehead atoms. The van der Waals surface area contributed by atoms with Crippen LogP contribution in [0, 0.1) is 0 Å². The summed E-state index contributed by atoms with van der Waals surface area (Å²) < 4.78 is 0. The lowest BCUT2D eigenvalue weighted by atomic mass is 10.0. The first-order valence-corrected chi connectivity index (χ1v) is 4.90. The maximum atomic E-state index is 8.87. The van der Waals surface area contributed by atoms with Crippen LogP contribution in [0.5, 0.6) is 0 Å². The van der Waals surface area contributed by atoms with Crippen molar-refractivity contribution in [3.05, 3.63) is 0 Å². The Bertz CT molecular complexity index is 161. The Labute approximate surface area is 74.0 Å². The van der Waals surface area contributed by atoms with Crippen LogP contribution in [0.1, 0.15) is 13.3 Å². The Hall–Kier alpha value is -0.120. The summed E-state index contributed by atoms with van der Waals surface area (Å²) in [5.74, 6) is 0. The van der Waals surface area contributed by atoms with Gasteiger partial charge in [-0.1, -0.05) is 0 Å². The van der Waals surface area contributed by atoms with Gasteiger partial charge in [-0.05, 0) is 13.3 Å². The van der Waals surface area contributed by atoms with Crippen molar-refractivity contribution in [1.82, 2.24) is 9.80 Å². The largest absolute Gasteiger partial charge is 0.396 e. The minimum atomic E-state index is 0.337. The molecule has 3 aliphatic heterocycles. The molecule has 1 N–H and O–H groups in total. The summed E-state index contributed by atoms with van der Waals surface area (Å²) in [7, 11) is 0. The van der Waals surface area contributed by atoms with E-state index < -0.39 is 0 Å². The average molecular weight is 170 g/mol. The van der Waals surface area contributed by atoms with E-state index in [1.54, 1.807) is 0 Å². The Morgan fingerprint density at radius 1 is 1.25 bits per heavy atom. The van der Waals surface area contributed by atoms with Crippen molar-refractivity contribution in [2.45, 2.75) is 25.4 Å². The van der Waals surface area contributed by atoms with Crippen molar-refractivity contribution in [1.29, 1.82) is 0 Å². The topological polar surface area (TPSA) is 26.7 Å². The van der Waals surface area contributed by atoms with E-state index in [9.17, 15) is 0 Å². The van der Waals surface area contributed by atoms with Crippen LogP contribution < -0.4 is 0 Å². The highest BCUT2D eigenvalue weighted by Gasteiger charge is 2.35. The van der Waals surface area contributed by atoms with Gasteiger partial charge in [0.1, 0.15) is 0 Å². The van der Waals surface area contributed by atoms with Crippen molar-refractivity contribution in [2.75, 3.05) is 32.8 Å². The van der Waals surface area contributed by atoms with Gasteiger partial charge in [0.2, 0.25) is 0 Å². The molecule has 3 heterocycles. The van der Waals surface area contributed by atoms with Gasteiger partial charge in [-0.2, -0.15) is 0 Å². The van der Waals surface area contributed by atoms with Crippen molar-refractivity contribution in [2.24, 2.45) is 0 Å². The van der Waals surface area contributed by atoms with Gasteiger partial charge in [0.15, 0.2) is 0 Å². The number of hydrogen-bond donors (Lipinski definition) is 1. The molecule has 12 heavy (non-hydrogen) atoms. The number of hydrogen-bond acceptors (Lipinski definition) is 3. The fraction of sp³-hybridized carbons (Fsp3) is 1.00. The van der Waals surface area contributed by atoms with Crippen LogP contribution in [0.3, 0.4) is 0 Å². The highest BCUT2D eigenvalue weighted by molar-refractivity contribution is 4.91. The number of piperazine rings is 3. The van der Waals surface area contributed by atoms with E-state index in [1.807, 2.05) is 0 Å². The fourth-order valence-electron chi connectivity index (χ4n) is 2.44. The highest BCUT2D eigenvalue weighted by Crippen LogP contribution is 2.21. The zero-order chi connectivity index (χ0) is 8.55. The lowest BCUT2D eigenvalue weighted by molar-refractivity contribution is -0.0301. The maximum absolute atomic E-state index is 8.87. The lowest BCUT2D eigenvalue weighted by Gasteiger charge is -2.51. The molecule has 3 heteroatoms. The Morgan fingerprint density at radius 3 is 2.50 bits per heavy atom. The van der Waals surface area contributed by atoms with Crippen molar-refractivity contribution < 1.29 is 5.11 Å². The number of rotatable bonds is 2. The van der Waals surface area contributed by atoms with Gasteiger partial charge in [0, 0.05) is 44.9 Å². The molecule has 3 rings (SSSR count). The van der Waals surface area contributed by atoms with Gasteiger partial charge in [-0.25, -0.2) is 0 Å². The third-order valence-electron chi connectivity index (χ3n) is 3.22. The van der Waals surface area contributed by atoms with Gasteiger partial charge in [-0.15, -0.1) is 0 Å². The molecular weight excluding hydrogens is 152 g/mol. The van der Waals surface area contributed by atoms with Crippen LogP contribution in [0.2, 0.25) is 0 Å². The summed E-state index contributed by atoms with van der Waals surface area (Å²) in [6.45, 7) is 7.43. The average Bonchev–Trinajstić information content (AvgIpc) is 2.07. The van der Waals surface area contributed by atoms with Gasteiger partial charge in [0.05, 0.1) is 0 Å². The molecule has 3 saturated heterocycles. The van der Waals surface area contributed by atoms with Crippen molar-refractivity contribution in [3.8, 4) is 0 Å². The minimum Gasteiger partial charge on any atom is -0.396 e. The molecule has 0 aromatic carbocycles. The third kappa shape index (κ3) is 1.37. The summed E-state index contributed by atoms with van der Waals surface area (Å²) in [5.41, 5.74) is 0. The van der Waals surface area contributed by atoms with Crippen LogP contribution in [0.15, 0.2) is 0 Å². The van der Waals surface area contributed by atoms with Crippen LogP contribution in [-0.2, 0) is 0 Å². The Balaban J connectivity index is 1.96. The normalized spacial score (nSPS) is 46.5. The zero-order valence-corrected chi connectivity index (χ0v) is 7.74. The predicted molar refractivity (Wildman–Crippen MR) is 48.1 cm³/mol. The van der Waals surface area contributed by atoms with Gasteiger partial charge in [-0.3, -0.25) is 9.80 Å². The van der Waals surface area contributed by atoms with Crippen LogP contribution in [0.25, 0.3) is 0 Å². The summed E-state index contributed by atoms with van der Waals surface area (Å²) in [6.07, 6.45) is 0.948. The van der Waals surface area contributed by atoms with Gasteiger partial charge >= 0.3 is 0 Å². The second-order valence-electron chi connectivity index (χ2n) is 4.00. The molecule has 0 amide bonds. The standard InChI is InChI=1S/C9H18N2O/c1-8-6-11-4-3-10(8)7-9(11)2-5-12/h8-9,12H,2-7H2,1H3. The van der Waals surface area contributed by atoms with E-state index >= 15 is 0 Å². The molecule has 0 saturated carbocycles. The second-order valence-corrected chi connectivity index (χ2v) is 4.00. The molecule has 0 spiro atoms. The quantitative estimate of drug-likeness (QED) is 0.619. The molecule has 3 aliphatic rings. The number of aliphatic hydroxyl groups is 1. The summed E-state index contributed by atoms with van der Waals surface area (Å²) in [4.78, 5) is 5.07. The maximum Gasteiger partial charge on any atom is 0.0446 e. The monoisotopic (exact) mass is 170 g/mol. The molecule has 4 atom stereocenters. The molecule has 4 unspecified atom stereocenters. The summed E-state index contributed by atoms with van der Waals surface area (Å²) in [5, 5.41) is 8.87. The van der Waals surface area contributed by atoms with E-state index in [-0.39, 0.29) is 0 Å². The molecule has 0 aromatic heterocycles. The van der Waals surface area contributed by atoms with Crippen LogP contribution >= 0.6 is 0 Å². The van der Waals surface area contributed by atoms with Gasteiger partial charge < -0.3 is 5.11 Å². The highest BCUT2D eigenvalue weighted by atomic mass is 16.3. The SMILES string of the molecule is CC1CN2CCN1CC2CCO. The fourth-order valence-corrected chi connectivity index (χ4v) is 2.44. The number of aliphatic hydroxyl groups excluding tert-OH is 1. The molecule has 3 nitrogen and oxygen atoms in total. The molecule has 0 aromatic rings. The lowest BCUT2D eigenvalue weighted by Crippen LogP contribution is -2.64. The van der Waals surface area contributed by atoms with Crippen LogP contribution in [-0.4, -0.2) is 59.8 Å². The van der Waals surface area contributed by atoms with E-state index in [0.717, 1.165) is 12.5 Å². The molecule has 70 valence electrons. The Morgan fingerprint density at radius 2 is 2.00 bits per heavy atom. The smallest absolute Gasteiger partial charge is 0.0446 e. The van der Waals surface area contributed by atoms with Crippen molar-refractivity contribution in [3.63, 3.8) is 0 Å². The van der Waals surface area contributed by atoms with Gasteiger partial charge in [0.25, 0.3) is 0 Å².